The predicted molar refractivity (Wildman–Crippen MR) is 117 cm³/mol. The Morgan fingerprint density at radius 1 is 1.21 bits per heavy atom. The lowest BCUT2D eigenvalue weighted by molar-refractivity contribution is -0.122. The summed E-state index contributed by atoms with van der Waals surface area (Å²) in [4.78, 5) is 32.5. The van der Waals surface area contributed by atoms with E-state index in [-0.39, 0.29) is 24.1 Å². The lowest BCUT2D eigenvalue weighted by atomic mass is 9.97. The average Bonchev–Trinajstić information content (AvgIpc) is 3.09. The van der Waals surface area contributed by atoms with Gasteiger partial charge in [-0.25, -0.2) is 4.98 Å². The SMILES string of the molecule is CC(C)CC(NC(=O)Cn1cnc2sc3c(c2c1=O)CCCC3)c1ccccc1. The normalized spacial score (nSPS) is 14.7. The zero-order valence-corrected chi connectivity index (χ0v) is 17.8. The van der Waals surface area contributed by atoms with Crippen LogP contribution in [0, 0.1) is 5.92 Å². The van der Waals surface area contributed by atoms with Crippen LogP contribution in [0.15, 0.2) is 41.5 Å². The summed E-state index contributed by atoms with van der Waals surface area (Å²) in [5.74, 6) is 0.283. The maximum Gasteiger partial charge on any atom is 0.262 e. The highest BCUT2D eigenvalue weighted by Gasteiger charge is 2.21. The zero-order chi connectivity index (χ0) is 20.4. The highest BCUT2D eigenvalue weighted by atomic mass is 32.1. The van der Waals surface area contributed by atoms with Gasteiger partial charge in [0.2, 0.25) is 5.91 Å². The molecule has 152 valence electrons. The number of fused-ring (bicyclic) bond motifs is 3. The smallest absolute Gasteiger partial charge is 0.262 e. The van der Waals surface area contributed by atoms with Crippen molar-refractivity contribution in [2.75, 3.05) is 0 Å². The van der Waals surface area contributed by atoms with Crippen LogP contribution in [0.25, 0.3) is 10.2 Å². The monoisotopic (exact) mass is 409 g/mol. The number of hydrogen-bond acceptors (Lipinski definition) is 4. The largest absolute Gasteiger partial charge is 0.348 e. The number of thiophene rings is 1. The first-order chi connectivity index (χ1) is 14.0. The van der Waals surface area contributed by atoms with Gasteiger partial charge in [-0.05, 0) is 49.1 Å². The van der Waals surface area contributed by atoms with E-state index in [9.17, 15) is 9.59 Å². The minimum atomic E-state index is -0.160. The molecule has 0 radical (unpaired) electrons. The van der Waals surface area contributed by atoms with Crippen molar-refractivity contribution in [1.82, 2.24) is 14.9 Å². The summed E-state index contributed by atoms with van der Waals surface area (Å²) in [6.45, 7) is 4.28. The molecule has 5 nitrogen and oxygen atoms in total. The van der Waals surface area contributed by atoms with Gasteiger partial charge in [0.25, 0.3) is 5.56 Å². The average molecular weight is 410 g/mol. The van der Waals surface area contributed by atoms with Gasteiger partial charge in [-0.15, -0.1) is 11.3 Å². The Morgan fingerprint density at radius 3 is 2.72 bits per heavy atom. The molecule has 1 N–H and O–H groups in total. The van der Waals surface area contributed by atoms with Crippen LogP contribution in [0.3, 0.4) is 0 Å². The summed E-state index contributed by atoms with van der Waals surface area (Å²) < 4.78 is 1.46. The Morgan fingerprint density at radius 2 is 1.97 bits per heavy atom. The van der Waals surface area contributed by atoms with Crippen LogP contribution in [-0.2, 0) is 24.2 Å². The standard InChI is InChI=1S/C23H27N3O2S/c1-15(2)12-18(16-8-4-3-5-9-16)25-20(27)13-26-14-24-22-21(23(26)28)17-10-6-7-11-19(17)29-22/h3-5,8-9,14-15,18H,6-7,10-13H2,1-2H3,(H,25,27). The third kappa shape index (κ3) is 4.27. The summed E-state index contributed by atoms with van der Waals surface area (Å²) in [6.07, 6.45) is 6.62. The van der Waals surface area contributed by atoms with Gasteiger partial charge in [0.1, 0.15) is 11.4 Å². The van der Waals surface area contributed by atoms with E-state index in [4.69, 9.17) is 0 Å². The predicted octanol–water partition coefficient (Wildman–Crippen LogP) is 4.24. The molecule has 0 fully saturated rings. The number of benzene rings is 1. The molecule has 0 bridgehead atoms. The van der Waals surface area contributed by atoms with Crippen molar-refractivity contribution in [2.45, 2.75) is 58.5 Å². The van der Waals surface area contributed by atoms with Crippen LogP contribution in [0.5, 0.6) is 0 Å². The Hall–Kier alpha value is -2.47. The van der Waals surface area contributed by atoms with Crippen molar-refractivity contribution < 1.29 is 4.79 Å². The Bertz CT molecular complexity index is 1070. The molecular weight excluding hydrogens is 382 g/mol. The number of aryl methyl sites for hydroxylation is 2. The maximum absolute atomic E-state index is 13.1. The fraction of sp³-hybridized carbons (Fsp3) is 0.435. The molecule has 0 saturated heterocycles. The van der Waals surface area contributed by atoms with Gasteiger partial charge < -0.3 is 5.32 Å². The number of carbonyl (C=O) groups excluding carboxylic acids is 1. The Balaban J connectivity index is 1.56. The molecule has 2 aromatic heterocycles. The number of rotatable bonds is 6. The number of hydrogen-bond donors (Lipinski definition) is 1. The van der Waals surface area contributed by atoms with E-state index in [0.717, 1.165) is 47.0 Å². The Labute approximate surface area is 174 Å². The highest BCUT2D eigenvalue weighted by Crippen LogP contribution is 2.33. The van der Waals surface area contributed by atoms with Crippen LogP contribution in [0.2, 0.25) is 0 Å². The molecule has 2 heterocycles. The van der Waals surface area contributed by atoms with E-state index in [1.165, 1.54) is 22.2 Å². The minimum absolute atomic E-state index is 0.00613. The van der Waals surface area contributed by atoms with E-state index in [2.05, 4.69) is 24.1 Å². The number of nitrogens with zero attached hydrogens (tertiary/aromatic N) is 2. The molecule has 6 heteroatoms. The highest BCUT2D eigenvalue weighted by molar-refractivity contribution is 7.18. The van der Waals surface area contributed by atoms with Crippen LogP contribution in [-0.4, -0.2) is 15.5 Å². The summed E-state index contributed by atoms with van der Waals surface area (Å²) >= 11 is 1.63. The molecular formula is C23H27N3O2S. The minimum Gasteiger partial charge on any atom is -0.348 e. The van der Waals surface area contributed by atoms with Crippen molar-refractivity contribution in [3.8, 4) is 0 Å². The summed E-state index contributed by atoms with van der Waals surface area (Å²) in [6, 6.07) is 9.94. The second kappa shape index (κ2) is 8.49. The fourth-order valence-corrected chi connectivity index (χ4v) is 5.34. The van der Waals surface area contributed by atoms with E-state index in [1.807, 2.05) is 30.3 Å². The van der Waals surface area contributed by atoms with Gasteiger partial charge in [0, 0.05) is 4.88 Å². The molecule has 1 aromatic carbocycles. The third-order valence-electron chi connectivity index (χ3n) is 5.50. The van der Waals surface area contributed by atoms with Gasteiger partial charge in [0.15, 0.2) is 0 Å². The van der Waals surface area contributed by atoms with Gasteiger partial charge in [-0.1, -0.05) is 44.2 Å². The molecule has 1 aliphatic rings. The van der Waals surface area contributed by atoms with E-state index < -0.39 is 0 Å². The van der Waals surface area contributed by atoms with Gasteiger partial charge in [-0.3, -0.25) is 14.2 Å². The molecule has 1 atom stereocenters. The molecule has 4 rings (SSSR count). The second-order valence-electron chi connectivity index (χ2n) is 8.23. The van der Waals surface area contributed by atoms with Crippen LogP contribution < -0.4 is 10.9 Å². The Kier molecular flexibility index (Phi) is 5.81. The van der Waals surface area contributed by atoms with Crippen LogP contribution in [0.4, 0.5) is 0 Å². The zero-order valence-electron chi connectivity index (χ0n) is 17.0. The van der Waals surface area contributed by atoms with Crippen LogP contribution >= 0.6 is 11.3 Å². The fourth-order valence-electron chi connectivity index (χ4n) is 4.12. The van der Waals surface area contributed by atoms with Gasteiger partial charge in [-0.2, -0.15) is 0 Å². The van der Waals surface area contributed by atoms with E-state index in [0.29, 0.717) is 5.92 Å². The number of carbonyl (C=O) groups is 1. The lowest BCUT2D eigenvalue weighted by Crippen LogP contribution is -2.35. The van der Waals surface area contributed by atoms with Crippen molar-refractivity contribution in [3.63, 3.8) is 0 Å². The van der Waals surface area contributed by atoms with Crippen molar-refractivity contribution in [1.29, 1.82) is 0 Å². The van der Waals surface area contributed by atoms with E-state index in [1.54, 1.807) is 11.3 Å². The van der Waals surface area contributed by atoms with E-state index >= 15 is 0 Å². The molecule has 0 aliphatic heterocycles. The maximum atomic E-state index is 13.1. The van der Waals surface area contributed by atoms with Crippen LogP contribution in [0.1, 0.15) is 55.2 Å². The first-order valence-electron chi connectivity index (χ1n) is 10.4. The van der Waals surface area contributed by atoms with Crippen molar-refractivity contribution in [2.24, 2.45) is 5.92 Å². The van der Waals surface area contributed by atoms with Crippen molar-refractivity contribution in [3.05, 3.63) is 63.0 Å². The topological polar surface area (TPSA) is 64.0 Å². The third-order valence-corrected chi connectivity index (χ3v) is 6.70. The van der Waals surface area contributed by atoms with Gasteiger partial charge >= 0.3 is 0 Å². The van der Waals surface area contributed by atoms with Gasteiger partial charge in [0.05, 0.1) is 17.8 Å². The molecule has 3 aromatic rings. The molecule has 1 unspecified atom stereocenters. The molecule has 0 spiro atoms. The molecule has 1 aliphatic carbocycles. The summed E-state index contributed by atoms with van der Waals surface area (Å²) in [7, 11) is 0. The lowest BCUT2D eigenvalue weighted by Gasteiger charge is -2.21. The number of nitrogens with one attached hydrogen (secondary N) is 1. The first kappa shape index (κ1) is 19.8. The second-order valence-corrected chi connectivity index (χ2v) is 9.31. The van der Waals surface area contributed by atoms with Crippen molar-refractivity contribution >= 4 is 27.5 Å². The number of amides is 1. The quantitative estimate of drug-likeness (QED) is 0.662. The molecule has 29 heavy (non-hydrogen) atoms. The molecule has 1 amide bonds. The first-order valence-corrected chi connectivity index (χ1v) is 11.2. The molecule has 0 saturated carbocycles. The number of aromatic nitrogens is 2. The summed E-state index contributed by atoms with van der Waals surface area (Å²) in [5.41, 5.74) is 2.15. The summed E-state index contributed by atoms with van der Waals surface area (Å²) in [5, 5.41) is 3.84.